The van der Waals surface area contributed by atoms with Crippen LogP contribution in [0, 0.1) is 11.7 Å². The lowest BCUT2D eigenvalue weighted by molar-refractivity contribution is -0.145. The number of benzene rings is 1. The number of rotatable bonds is 4. The first kappa shape index (κ1) is 12.6. The van der Waals surface area contributed by atoms with Gasteiger partial charge in [-0.1, -0.05) is 15.9 Å². The first-order chi connectivity index (χ1) is 7.40. The third kappa shape index (κ3) is 3.30. The average Bonchev–Trinajstić information content (AvgIpc) is 2.11. The molecule has 0 spiro atoms. The van der Waals surface area contributed by atoms with Gasteiger partial charge in [-0.15, -0.1) is 0 Å². The second-order valence-corrected chi connectivity index (χ2v) is 4.19. The number of nitrogens with two attached hydrogens (primary N) is 1. The van der Waals surface area contributed by atoms with E-state index in [1.165, 1.54) is 12.1 Å². The van der Waals surface area contributed by atoms with E-state index in [0.29, 0.717) is 10.0 Å². The summed E-state index contributed by atoms with van der Waals surface area (Å²) < 4.78 is 13.5. The number of amides is 1. The molecular weight excluding hydrogens is 281 g/mol. The molecule has 1 rings (SSSR count). The number of primary amides is 1. The molecule has 1 aromatic rings. The SMILES string of the molecule is NC(=O)C(Cc1cc(F)cc(Br)c1)C(=O)O. The van der Waals surface area contributed by atoms with E-state index < -0.39 is 23.6 Å². The van der Waals surface area contributed by atoms with Crippen LogP contribution in [-0.4, -0.2) is 17.0 Å². The van der Waals surface area contributed by atoms with Crippen molar-refractivity contribution in [3.8, 4) is 0 Å². The summed E-state index contributed by atoms with van der Waals surface area (Å²) in [4.78, 5) is 21.6. The van der Waals surface area contributed by atoms with Crippen LogP contribution in [0.5, 0.6) is 0 Å². The summed E-state index contributed by atoms with van der Waals surface area (Å²) in [5.41, 5.74) is 5.34. The lowest BCUT2D eigenvalue weighted by Crippen LogP contribution is -2.31. The number of aliphatic carboxylic acids is 1. The Bertz CT molecular complexity index is 402. The average molecular weight is 290 g/mol. The Labute approximate surface area is 99.4 Å². The molecule has 1 aromatic carbocycles. The van der Waals surface area contributed by atoms with Gasteiger partial charge in [-0.3, -0.25) is 9.59 Å². The minimum absolute atomic E-state index is 0.124. The summed E-state index contributed by atoms with van der Waals surface area (Å²) in [6, 6.07) is 3.95. The molecule has 0 fully saturated rings. The molecule has 0 aliphatic carbocycles. The highest BCUT2D eigenvalue weighted by Crippen LogP contribution is 2.17. The lowest BCUT2D eigenvalue weighted by Gasteiger charge is -2.08. The minimum Gasteiger partial charge on any atom is -0.481 e. The van der Waals surface area contributed by atoms with Crippen molar-refractivity contribution >= 4 is 27.8 Å². The molecule has 0 aliphatic heterocycles. The minimum atomic E-state index is -1.34. The van der Waals surface area contributed by atoms with Gasteiger partial charge in [0.15, 0.2) is 0 Å². The molecule has 86 valence electrons. The first-order valence-electron chi connectivity index (χ1n) is 4.37. The van der Waals surface area contributed by atoms with Crippen molar-refractivity contribution in [2.24, 2.45) is 11.7 Å². The Morgan fingerprint density at radius 3 is 2.50 bits per heavy atom. The molecule has 0 saturated heterocycles. The molecule has 0 saturated carbocycles. The van der Waals surface area contributed by atoms with Crippen LogP contribution in [0.3, 0.4) is 0 Å². The summed E-state index contributed by atoms with van der Waals surface area (Å²) in [5, 5.41) is 8.74. The number of carbonyl (C=O) groups is 2. The molecule has 3 N–H and O–H groups in total. The quantitative estimate of drug-likeness (QED) is 0.821. The highest BCUT2D eigenvalue weighted by atomic mass is 79.9. The topological polar surface area (TPSA) is 80.4 Å². The maximum absolute atomic E-state index is 13.0. The number of halogens is 2. The van der Waals surface area contributed by atoms with Crippen LogP contribution in [-0.2, 0) is 16.0 Å². The van der Waals surface area contributed by atoms with Crippen LogP contribution in [0.2, 0.25) is 0 Å². The molecule has 1 amide bonds. The molecule has 16 heavy (non-hydrogen) atoms. The fourth-order valence-electron chi connectivity index (χ4n) is 1.27. The highest BCUT2D eigenvalue weighted by Gasteiger charge is 2.24. The number of hydrogen-bond acceptors (Lipinski definition) is 2. The van der Waals surface area contributed by atoms with E-state index in [-0.39, 0.29) is 6.42 Å². The van der Waals surface area contributed by atoms with Gasteiger partial charge in [0.2, 0.25) is 5.91 Å². The maximum atomic E-state index is 13.0. The number of carboxylic acid groups (broad SMARTS) is 1. The summed E-state index contributed by atoms with van der Waals surface area (Å²) >= 11 is 3.07. The Morgan fingerprint density at radius 1 is 1.44 bits per heavy atom. The van der Waals surface area contributed by atoms with Crippen molar-refractivity contribution in [3.63, 3.8) is 0 Å². The van der Waals surface area contributed by atoms with Crippen LogP contribution in [0.4, 0.5) is 4.39 Å². The Kier molecular flexibility index (Phi) is 4.00. The zero-order valence-electron chi connectivity index (χ0n) is 8.11. The van der Waals surface area contributed by atoms with Gasteiger partial charge >= 0.3 is 5.97 Å². The standard InChI is InChI=1S/C10H9BrFNO3/c11-6-1-5(2-7(12)4-6)3-8(9(13)14)10(15)16/h1-2,4,8H,3H2,(H2,13,14)(H,15,16). The van der Waals surface area contributed by atoms with Gasteiger partial charge in [0.1, 0.15) is 11.7 Å². The maximum Gasteiger partial charge on any atom is 0.316 e. The lowest BCUT2D eigenvalue weighted by atomic mass is 9.99. The van der Waals surface area contributed by atoms with Gasteiger partial charge in [0, 0.05) is 4.47 Å². The van der Waals surface area contributed by atoms with Gasteiger partial charge < -0.3 is 10.8 Å². The molecular formula is C10H9BrFNO3. The predicted molar refractivity (Wildman–Crippen MR) is 58.1 cm³/mol. The van der Waals surface area contributed by atoms with Crippen molar-refractivity contribution in [3.05, 3.63) is 34.1 Å². The van der Waals surface area contributed by atoms with Gasteiger partial charge in [0.05, 0.1) is 0 Å². The fourth-order valence-corrected chi connectivity index (χ4v) is 1.79. The molecule has 0 aliphatic rings. The largest absolute Gasteiger partial charge is 0.481 e. The van der Waals surface area contributed by atoms with E-state index in [2.05, 4.69) is 15.9 Å². The molecule has 0 bridgehead atoms. The molecule has 1 unspecified atom stereocenters. The third-order valence-corrected chi connectivity index (χ3v) is 2.46. The van der Waals surface area contributed by atoms with E-state index >= 15 is 0 Å². The number of carbonyl (C=O) groups excluding carboxylic acids is 1. The first-order valence-corrected chi connectivity index (χ1v) is 5.16. The fraction of sp³-hybridized carbons (Fsp3) is 0.200. The van der Waals surface area contributed by atoms with Gasteiger partial charge in [0.25, 0.3) is 0 Å². The molecule has 4 nitrogen and oxygen atoms in total. The van der Waals surface area contributed by atoms with Crippen molar-refractivity contribution in [2.75, 3.05) is 0 Å². The Balaban J connectivity index is 2.93. The summed E-state index contributed by atoms with van der Waals surface area (Å²) in [6.07, 6.45) is -0.124. The Morgan fingerprint density at radius 2 is 2.06 bits per heavy atom. The van der Waals surface area contributed by atoms with Crippen molar-refractivity contribution in [2.45, 2.75) is 6.42 Å². The second kappa shape index (κ2) is 5.07. The van der Waals surface area contributed by atoms with Crippen LogP contribution in [0.25, 0.3) is 0 Å². The van der Waals surface area contributed by atoms with E-state index in [9.17, 15) is 14.0 Å². The predicted octanol–water partition coefficient (Wildman–Crippen LogP) is 1.32. The molecule has 0 heterocycles. The summed E-state index contributed by atoms with van der Waals surface area (Å²) in [7, 11) is 0. The second-order valence-electron chi connectivity index (χ2n) is 3.28. The number of carboxylic acids is 1. The summed E-state index contributed by atoms with van der Waals surface area (Å²) in [5.74, 6) is -4.09. The molecule has 6 heteroatoms. The monoisotopic (exact) mass is 289 g/mol. The van der Waals surface area contributed by atoms with Crippen molar-refractivity contribution in [1.29, 1.82) is 0 Å². The van der Waals surface area contributed by atoms with Crippen molar-refractivity contribution in [1.82, 2.24) is 0 Å². The van der Waals surface area contributed by atoms with E-state index in [1.807, 2.05) is 0 Å². The number of hydrogen-bond donors (Lipinski definition) is 2. The van der Waals surface area contributed by atoms with E-state index in [1.54, 1.807) is 6.07 Å². The zero-order chi connectivity index (χ0) is 12.3. The van der Waals surface area contributed by atoms with Gasteiger partial charge in [-0.05, 0) is 30.2 Å². The molecule has 1 atom stereocenters. The van der Waals surface area contributed by atoms with E-state index in [0.717, 1.165) is 0 Å². The van der Waals surface area contributed by atoms with Crippen molar-refractivity contribution < 1.29 is 19.1 Å². The van der Waals surface area contributed by atoms with Gasteiger partial charge in [-0.2, -0.15) is 0 Å². The third-order valence-electron chi connectivity index (χ3n) is 2.00. The van der Waals surface area contributed by atoms with Crippen LogP contribution < -0.4 is 5.73 Å². The highest BCUT2D eigenvalue weighted by molar-refractivity contribution is 9.10. The molecule has 0 radical (unpaired) electrons. The smallest absolute Gasteiger partial charge is 0.316 e. The van der Waals surface area contributed by atoms with Crippen LogP contribution >= 0.6 is 15.9 Å². The van der Waals surface area contributed by atoms with Crippen LogP contribution in [0.15, 0.2) is 22.7 Å². The normalized spacial score (nSPS) is 12.1. The van der Waals surface area contributed by atoms with Gasteiger partial charge in [-0.25, -0.2) is 4.39 Å². The molecule has 0 aromatic heterocycles. The Hall–Kier alpha value is -1.43. The summed E-state index contributed by atoms with van der Waals surface area (Å²) in [6.45, 7) is 0. The van der Waals surface area contributed by atoms with Crippen LogP contribution in [0.1, 0.15) is 5.56 Å². The van der Waals surface area contributed by atoms with E-state index in [4.69, 9.17) is 10.8 Å². The zero-order valence-corrected chi connectivity index (χ0v) is 9.70.